The van der Waals surface area contributed by atoms with E-state index in [-0.39, 0.29) is 0 Å². The van der Waals surface area contributed by atoms with Crippen LogP contribution in [0.5, 0.6) is 0 Å². The van der Waals surface area contributed by atoms with Crippen molar-refractivity contribution < 1.29 is 8.42 Å². The lowest BCUT2D eigenvalue weighted by molar-refractivity contribution is 0.595. The second-order valence-electron chi connectivity index (χ2n) is 9.18. The van der Waals surface area contributed by atoms with Crippen LogP contribution >= 0.6 is 0 Å². The van der Waals surface area contributed by atoms with Gasteiger partial charge in [-0.2, -0.15) is 0 Å². The maximum Gasteiger partial charge on any atom is 0.188 e. The van der Waals surface area contributed by atoms with E-state index in [1.165, 1.54) is 0 Å². The highest BCUT2D eigenvalue weighted by Gasteiger charge is 2.25. The van der Waals surface area contributed by atoms with E-state index in [0.717, 1.165) is 33.3 Å². The first-order chi connectivity index (χ1) is 17.3. The van der Waals surface area contributed by atoms with Gasteiger partial charge in [-0.3, -0.25) is 0 Å². The number of anilines is 2. The third-order valence-electron chi connectivity index (χ3n) is 6.19. The van der Waals surface area contributed by atoms with Crippen molar-refractivity contribution in [2.45, 2.75) is 10.1 Å². The standard InChI is InChI=1S/C31H32N2O2S/c1-32(2)27-18-12-24(13-19-27)16-22-29(23-17-25-14-20-28(21-15-25)33(3)4)36(34,35)31-11-7-9-26-8-5-6-10-30(26)31/h5-23,29H,1-4H3/b22-16+,23-17+. The highest BCUT2D eigenvalue weighted by molar-refractivity contribution is 7.92. The summed E-state index contributed by atoms with van der Waals surface area (Å²) in [6.45, 7) is 0. The van der Waals surface area contributed by atoms with Gasteiger partial charge in [0.25, 0.3) is 0 Å². The molecule has 36 heavy (non-hydrogen) atoms. The Balaban J connectivity index is 1.73. The lowest BCUT2D eigenvalue weighted by Crippen LogP contribution is -2.17. The fourth-order valence-electron chi connectivity index (χ4n) is 4.04. The SMILES string of the molecule is CN(C)c1ccc(/C=C/C(/C=C/c2ccc(N(C)C)cc2)S(=O)(=O)c2cccc3ccccc23)cc1. The molecule has 0 unspecified atom stereocenters. The fourth-order valence-corrected chi connectivity index (χ4v) is 5.67. The maximum absolute atomic E-state index is 14.0. The predicted molar refractivity (Wildman–Crippen MR) is 155 cm³/mol. The van der Waals surface area contributed by atoms with E-state index in [2.05, 4.69) is 0 Å². The average molecular weight is 497 g/mol. The lowest BCUT2D eigenvalue weighted by atomic mass is 10.1. The molecule has 0 radical (unpaired) electrons. The van der Waals surface area contributed by atoms with Gasteiger partial charge in [-0.1, -0.05) is 85.0 Å². The van der Waals surface area contributed by atoms with Crippen LogP contribution in [0.25, 0.3) is 22.9 Å². The number of rotatable bonds is 8. The van der Waals surface area contributed by atoms with Crippen molar-refractivity contribution in [3.8, 4) is 0 Å². The summed E-state index contributed by atoms with van der Waals surface area (Å²) in [5.41, 5.74) is 4.08. The largest absolute Gasteiger partial charge is 0.378 e. The number of hydrogen-bond acceptors (Lipinski definition) is 4. The quantitative estimate of drug-likeness (QED) is 0.278. The van der Waals surface area contributed by atoms with Crippen LogP contribution in [-0.2, 0) is 9.84 Å². The molecule has 0 fully saturated rings. The molecular formula is C31H32N2O2S. The minimum absolute atomic E-state index is 0.339. The van der Waals surface area contributed by atoms with Crippen molar-refractivity contribution in [3.63, 3.8) is 0 Å². The predicted octanol–water partition coefficient (Wildman–Crippen LogP) is 6.54. The Morgan fingerprint density at radius 3 is 1.58 bits per heavy atom. The van der Waals surface area contributed by atoms with Gasteiger partial charge in [0.05, 0.1) is 4.90 Å². The van der Waals surface area contributed by atoms with Crippen molar-refractivity contribution >= 4 is 44.1 Å². The molecule has 0 spiro atoms. The number of fused-ring (bicyclic) bond motifs is 1. The Kier molecular flexibility index (Phi) is 7.61. The molecule has 0 atom stereocenters. The zero-order valence-corrected chi connectivity index (χ0v) is 22.0. The van der Waals surface area contributed by atoms with E-state index < -0.39 is 15.1 Å². The van der Waals surface area contributed by atoms with Crippen molar-refractivity contribution in [2.24, 2.45) is 0 Å². The molecule has 0 aliphatic carbocycles. The molecule has 4 aromatic carbocycles. The maximum atomic E-state index is 14.0. The van der Waals surface area contributed by atoms with Gasteiger partial charge in [-0.05, 0) is 46.8 Å². The smallest absolute Gasteiger partial charge is 0.188 e. The summed E-state index contributed by atoms with van der Waals surface area (Å²) in [4.78, 5) is 4.41. The Hall–Kier alpha value is -3.83. The minimum Gasteiger partial charge on any atom is -0.378 e. The summed E-state index contributed by atoms with van der Waals surface area (Å²) >= 11 is 0. The number of hydrogen-bond donors (Lipinski definition) is 0. The van der Waals surface area contributed by atoms with Crippen LogP contribution in [0.4, 0.5) is 11.4 Å². The zero-order valence-electron chi connectivity index (χ0n) is 21.2. The summed E-state index contributed by atoms with van der Waals surface area (Å²) in [6, 6.07) is 29.1. The molecule has 0 aromatic heterocycles. The molecular weight excluding hydrogens is 464 g/mol. The van der Waals surface area contributed by atoms with E-state index in [1.54, 1.807) is 24.3 Å². The van der Waals surface area contributed by atoms with Gasteiger partial charge in [0.15, 0.2) is 9.84 Å². The average Bonchev–Trinajstić information content (AvgIpc) is 2.88. The molecule has 184 valence electrons. The zero-order chi connectivity index (χ0) is 25.7. The number of benzene rings is 4. The molecule has 0 saturated carbocycles. The van der Waals surface area contributed by atoms with Crippen LogP contribution in [0.3, 0.4) is 0 Å². The highest BCUT2D eigenvalue weighted by Crippen LogP contribution is 2.28. The van der Waals surface area contributed by atoms with Gasteiger partial charge in [-0.25, -0.2) is 8.42 Å². The first-order valence-electron chi connectivity index (χ1n) is 11.9. The molecule has 4 rings (SSSR count). The third kappa shape index (κ3) is 5.69. The van der Waals surface area contributed by atoms with Crippen molar-refractivity contribution in [1.82, 2.24) is 0 Å². The Bertz CT molecular complexity index is 1420. The Morgan fingerprint density at radius 1 is 0.611 bits per heavy atom. The molecule has 5 heteroatoms. The minimum atomic E-state index is -3.70. The fraction of sp³-hybridized carbons (Fsp3) is 0.161. The van der Waals surface area contributed by atoms with Gasteiger partial charge < -0.3 is 9.80 Å². The molecule has 4 aromatic rings. The molecule has 0 aliphatic heterocycles. The lowest BCUT2D eigenvalue weighted by Gasteiger charge is -2.14. The van der Waals surface area contributed by atoms with E-state index in [4.69, 9.17) is 0 Å². The van der Waals surface area contributed by atoms with Crippen LogP contribution < -0.4 is 9.80 Å². The summed E-state index contributed by atoms with van der Waals surface area (Å²) in [6.07, 6.45) is 7.30. The third-order valence-corrected chi connectivity index (χ3v) is 8.19. The van der Waals surface area contributed by atoms with Gasteiger partial charge in [0.1, 0.15) is 5.25 Å². The first-order valence-corrected chi connectivity index (χ1v) is 13.4. The molecule has 0 aliphatic rings. The van der Waals surface area contributed by atoms with E-state index in [0.29, 0.717) is 4.90 Å². The monoisotopic (exact) mass is 496 g/mol. The molecule has 0 saturated heterocycles. The molecule has 0 heterocycles. The van der Waals surface area contributed by atoms with E-state index in [9.17, 15) is 8.42 Å². The van der Waals surface area contributed by atoms with E-state index in [1.807, 2.05) is 129 Å². The summed E-state index contributed by atoms with van der Waals surface area (Å²) in [7, 11) is 4.27. The van der Waals surface area contributed by atoms with Gasteiger partial charge >= 0.3 is 0 Å². The number of nitrogens with zero attached hydrogens (tertiary/aromatic N) is 2. The van der Waals surface area contributed by atoms with Crippen LogP contribution in [0.15, 0.2) is 108 Å². The summed E-state index contributed by atoms with van der Waals surface area (Å²) in [5, 5.41) is 0.812. The van der Waals surface area contributed by atoms with Crippen LogP contribution in [0.1, 0.15) is 11.1 Å². The second-order valence-corrected chi connectivity index (χ2v) is 11.3. The summed E-state index contributed by atoms with van der Waals surface area (Å²) in [5.74, 6) is 0. The molecule has 0 bridgehead atoms. The topological polar surface area (TPSA) is 40.6 Å². The van der Waals surface area contributed by atoms with Gasteiger partial charge in [-0.15, -0.1) is 0 Å². The molecule has 0 N–H and O–H groups in total. The van der Waals surface area contributed by atoms with E-state index >= 15 is 0 Å². The van der Waals surface area contributed by atoms with Crippen LogP contribution in [-0.4, -0.2) is 41.9 Å². The Morgan fingerprint density at radius 2 is 1.08 bits per heavy atom. The van der Waals surface area contributed by atoms with Crippen molar-refractivity contribution in [2.75, 3.05) is 38.0 Å². The number of sulfone groups is 1. The van der Waals surface area contributed by atoms with Crippen molar-refractivity contribution in [3.05, 3.63) is 114 Å². The van der Waals surface area contributed by atoms with Crippen molar-refractivity contribution in [1.29, 1.82) is 0 Å². The van der Waals surface area contributed by atoms with Crippen LogP contribution in [0.2, 0.25) is 0 Å². The molecule has 4 nitrogen and oxygen atoms in total. The highest BCUT2D eigenvalue weighted by atomic mass is 32.2. The normalized spacial score (nSPS) is 12.1. The second kappa shape index (κ2) is 10.8. The Labute approximate surface area is 214 Å². The van der Waals surface area contributed by atoms with Gasteiger partial charge in [0.2, 0.25) is 0 Å². The summed E-state index contributed by atoms with van der Waals surface area (Å²) < 4.78 is 27.9. The van der Waals surface area contributed by atoms with Crippen LogP contribution in [0, 0.1) is 0 Å². The molecule has 0 amide bonds. The first kappa shape index (κ1) is 25.3. The van der Waals surface area contributed by atoms with Gasteiger partial charge in [0, 0.05) is 45.0 Å².